The number of rotatable bonds is 3. The van der Waals surface area contributed by atoms with E-state index in [1.807, 2.05) is 0 Å². The fourth-order valence-electron chi connectivity index (χ4n) is 0.313. The molecular formula is C5H9O2PS. The highest BCUT2D eigenvalue weighted by atomic mass is 32.7. The van der Waals surface area contributed by atoms with E-state index in [0.717, 1.165) is 11.4 Å². The van der Waals surface area contributed by atoms with Crippen molar-refractivity contribution in [1.29, 1.82) is 0 Å². The maximum absolute atomic E-state index is 11.1. The highest BCUT2D eigenvalue weighted by Gasteiger charge is 2.15. The van der Waals surface area contributed by atoms with Gasteiger partial charge in [-0.05, 0) is 18.8 Å². The monoisotopic (exact) mass is 164 g/mol. The zero-order valence-electron chi connectivity index (χ0n) is 5.46. The maximum atomic E-state index is 11.1. The zero-order valence-corrected chi connectivity index (χ0v) is 7.17. The van der Waals surface area contributed by atoms with E-state index in [1.54, 1.807) is 13.2 Å². The molecule has 9 heavy (non-hydrogen) atoms. The van der Waals surface area contributed by atoms with Crippen LogP contribution in [0.4, 0.5) is 0 Å². The van der Waals surface area contributed by atoms with Gasteiger partial charge in [0.25, 0.3) is 0 Å². The van der Waals surface area contributed by atoms with E-state index in [4.69, 9.17) is 10.9 Å². The first-order chi connectivity index (χ1) is 4.18. The number of hydrogen-bond donors (Lipinski definition) is 0. The van der Waals surface area contributed by atoms with Crippen LogP contribution in [-0.2, 0) is 9.09 Å². The van der Waals surface area contributed by atoms with Crippen LogP contribution in [0.5, 0.6) is 0 Å². The third-order valence-electron chi connectivity index (χ3n) is 0.698. The van der Waals surface area contributed by atoms with Crippen LogP contribution in [-0.4, -0.2) is 12.9 Å². The first-order valence-corrected chi connectivity index (χ1v) is 5.92. The van der Waals surface area contributed by atoms with Crippen molar-refractivity contribution in [3.05, 3.63) is 0 Å². The van der Waals surface area contributed by atoms with Crippen molar-refractivity contribution in [2.24, 2.45) is 0 Å². The molecule has 0 rings (SSSR count). The molecule has 1 atom stereocenters. The van der Waals surface area contributed by atoms with Gasteiger partial charge < -0.3 is 4.52 Å². The van der Waals surface area contributed by atoms with E-state index in [9.17, 15) is 4.57 Å². The first-order valence-electron chi connectivity index (χ1n) is 2.46. The lowest BCUT2D eigenvalue weighted by molar-refractivity contribution is 0.353. The lowest BCUT2D eigenvalue weighted by Crippen LogP contribution is -1.81. The second-order valence-corrected chi connectivity index (χ2v) is 5.64. The Morgan fingerprint density at radius 3 is 2.56 bits per heavy atom. The van der Waals surface area contributed by atoms with Crippen LogP contribution in [0.2, 0.25) is 0 Å². The molecule has 0 N–H and O–H groups in total. The summed E-state index contributed by atoms with van der Waals surface area (Å²) in [6.07, 6.45) is 6.62. The lowest BCUT2D eigenvalue weighted by Gasteiger charge is -2.05. The van der Waals surface area contributed by atoms with Crippen molar-refractivity contribution in [2.75, 3.05) is 12.9 Å². The van der Waals surface area contributed by atoms with Gasteiger partial charge in [0.1, 0.15) is 0 Å². The molecule has 2 nitrogen and oxygen atoms in total. The molecule has 4 heteroatoms. The molecule has 52 valence electrons. The molecule has 0 amide bonds. The van der Waals surface area contributed by atoms with Gasteiger partial charge in [0.2, 0.25) is 0 Å². The van der Waals surface area contributed by atoms with E-state index in [2.05, 4.69) is 5.66 Å². The Bertz CT molecular complexity index is 161. The van der Waals surface area contributed by atoms with Crippen LogP contribution in [0.3, 0.4) is 0 Å². The molecule has 0 saturated heterocycles. The van der Waals surface area contributed by atoms with Gasteiger partial charge in [-0.2, -0.15) is 0 Å². The predicted octanol–water partition coefficient (Wildman–Crippen LogP) is 2.17. The summed E-state index contributed by atoms with van der Waals surface area (Å²) in [6, 6.07) is 0. The summed E-state index contributed by atoms with van der Waals surface area (Å²) in [5, 5.41) is 0. The van der Waals surface area contributed by atoms with Gasteiger partial charge in [0, 0.05) is 0 Å². The third kappa shape index (κ3) is 2.95. The summed E-state index contributed by atoms with van der Waals surface area (Å²) in [4.78, 5) is 0. The van der Waals surface area contributed by atoms with Crippen LogP contribution in [0.15, 0.2) is 0 Å². The molecule has 0 aliphatic carbocycles. The second-order valence-electron chi connectivity index (χ2n) is 1.23. The Morgan fingerprint density at radius 2 is 2.44 bits per heavy atom. The molecule has 1 unspecified atom stereocenters. The van der Waals surface area contributed by atoms with Crippen LogP contribution < -0.4 is 0 Å². The first kappa shape index (κ1) is 9.10. The normalized spacial score (nSPS) is 16.1. The van der Waals surface area contributed by atoms with Crippen molar-refractivity contribution in [3.8, 4) is 12.1 Å². The Labute approximate surface area is 59.6 Å². The van der Waals surface area contributed by atoms with Crippen molar-refractivity contribution in [1.82, 2.24) is 0 Å². The van der Waals surface area contributed by atoms with Crippen molar-refractivity contribution in [2.45, 2.75) is 6.92 Å². The van der Waals surface area contributed by atoms with Crippen LogP contribution in [0.1, 0.15) is 6.92 Å². The summed E-state index contributed by atoms with van der Waals surface area (Å²) in [5.41, 5.74) is 2.13. The maximum Gasteiger partial charge on any atom is 0.328 e. The van der Waals surface area contributed by atoms with Crippen molar-refractivity contribution in [3.63, 3.8) is 0 Å². The predicted molar refractivity (Wildman–Crippen MR) is 41.6 cm³/mol. The molecule has 0 aromatic heterocycles. The second kappa shape index (κ2) is 4.00. The Hall–Kier alpha value is 0.100. The molecule has 0 aliphatic heterocycles. The van der Waals surface area contributed by atoms with Gasteiger partial charge in [-0.1, -0.05) is 11.4 Å². The summed E-state index contributed by atoms with van der Waals surface area (Å²) < 4.78 is 15.9. The fraction of sp³-hybridized carbons (Fsp3) is 0.600. The van der Waals surface area contributed by atoms with Gasteiger partial charge in [0.05, 0.1) is 6.61 Å². The average molecular weight is 164 g/mol. The van der Waals surface area contributed by atoms with Gasteiger partial charge in [-0.3, -0.25) is 4.57 Å². The van der Waals surface area contributed by atoms with Gasteiger partial charge in [-0.25, -0.2) is 0 Å². The molecule has 0 radical (unpaired) electrons. The highest BCUT2D eigenvalue weighted by molar-refractivity contribution is 8.57. The van der Waals surface area contributed by atoms with Crippen molar-refractivity contribution >= 4 is 18.0 Å². The van der Waals surface area contributed by atoms with Crippen LogP contribution in [0, 0.1) is 12.1 Å². The number of terminal acetylenes is 1. The van der Waals surface area contributed by atoms with E-state index < -0.39 is 6.57 Å². The topological polar surface area (TPSA) is 26.3 Å². The SMILES string of the molecule is C#CP(=O)(OCC)SC. The minimum absolute atomic E-state index is 0.405. The minimum Gasteiger partial charge on any atom is -0.313 e. The molecule has 0 saturated carbocycles. The van der Waals surface area contributed by atoms with Crippen LogP contribution >= 0.6 is 18.0 Å². The Balaban J connectivity index is 3.99. The smallest absolute Gasteiger partial charge is 0.313 e. The lowest BCUT2D eigenvalue weighted by atomic mass is 10.9. The van der Waals surface area contributed by atoms with Gasteiger partial charge in [-0.15, -0.1) is 6.42 Å². The Kier molecular flexibility index (Phi) is 4.05. The molecule has 0 fully saturated rings. The van der Waals surface area contributed by atoms with Gasteiger partial charge >= 0.3 is 6.57 Å². The largest absolute Gasteiger partial charge is 0.328 e. The van der Waals surface area contributed by atoms with E-state index in [0.29, 0.717) is 6.61 Å². The van der Waals surface area contributed by atoms with Crippen LogP contribution in [0.25, 0.3) is 0 Å². The van der Waals surface area contributed by atoms with Gasteiger partial charge in [0.15, 0.2) is 0 Å². The highest BCUT2D eigenvalue weighted by Crippen LogP contribution is 2.56. The third-order valence-corrected chi connectivity index (χ3v) is 4.17. The quantitative estimate of drug-likeness (QED) is 0.472. The zero-order chi connectivity index (χ0) is 7.33. The molecular weight excluding hydrogens is 155 g/mol. The van der Waals surface area contributed by atoms with Crippen molar-refractivity contribution < 1.29 is 9.09 Å². The Morgan fingerprint density at radius 1 is 1.89 bits per heavy atom. The average Bonchev–Trinajstić information content (AvgIpc) is 1.89. The summed E-state index contributed by atoms with van der Waals surface area (Å²) >= 11 is 1.09. The molecule has 0 aromatic carbocycles. The summed E-state index contributed by atoms with van der Waals surface area (Å²) in [7, 11) is 0. The molecule has 0 aliphatic rings. The standard InChI is InChI=1S/C5H9O2PS/c1-4-7-8(6,5-2)9-3/h2H,4H2,1,3H3. The molecule has 0 aromatic rings. The van der Waals surface area contributed by atoms with E-state index >= 15 is 0 Å². The van der Waals surface area contributed by atoms with E-state index in [1.165, 1.54) is 0 Å². The molecule has 0 heterocycles. The minimum atomic E-state index is -2.74. The summed E-state index contributed by atoms with van der Waals surface area (Å²) in [5.74, 6) is 0. The van der Waals surface area contributed by atoms with E-state index in [-0.39, 0.29) is 0 Å². The fourth-order valence-corrected chi connectivity index (χ4v) is 1.89. The molecule has 0 spiro atoms. The number of hydrogen-bond acceptors (Lipinski definition) is 3. The molecule has 0 bridgehead atoms. The summed E-state index contributed by atoms with van der Waals surface area (Å²) in [6.45, 7) is -0.568.